The maximum absolute atomic E-state index is 5.94. The average molecular weight is 499 g/mol. The number of hydrogen-bond donors (Lipinski definition) is 2. The Balaban J connectivity index is 0.00000225. The number of nitrogens with zero attached hydrogens (tertiary/aromatic N) is 3. The number of imidazole rings is 1. The van der Waals surface area contributed by atoms with E-state index in [1.807, 2.05) is 25.2 Å². The maximum Gasteiger partial charge on any atom is 0.193 e. The minimum Gasteiger partial charge on any atom is -0.375 e. The van der Waals surface area contributed by atoms with Crippen molar-refractivity contribution in [3.8, 4) is 0 Å². The number of H-pyrrole nitrogens is 1. The minimum absolute atomic E-state index is 0. The van der Waals surface area contributed by atoms with Gasteiger partial charge in [-0.2, -0.15) is 0 Å². The zero-order chi connectivity index (χ0) is 18.5. The van der Waals surface area contributed by atoms with Gasteiger partial charge in [-0.15, -0.1) is 24.0 Å². The van der Waals surface area contributed by atoms with Crippen molar-refractivity contribution in [3.05, 3.63) is 30.1 Å². The molecule has 1 aromatic carbocycles. The number of halogens is 1. The summed E-state index contributed by atoms with van der Waals surface area (Å²) in [6.07, 6.45) is 4.54. The summed E-state index contributed by atoms with van der Waals surface area (Å²) in [5.41, 5.74) is 2.13. The van der Waals surface area contributed by atoms with Gasteiger partial charge in [-0.25, -0.2) is 4.98 Å². The van der Waals surface area contributed by atoms with Crippen molar-refractivity contribution < 1.29 is 9.47 Å². The highest BCUT2D eigenvalue weighted by Gasteiger charge is 2.32. The Labute approximate surface area is 183 Å². The third kappa shape index (κ3) is 5.15. The Morgan fingerprint density at radius 2 is 2.14 bits per heavy atom. The molecule has 0 saturated carbocycles. The predicted molar refractivity (Wildman–Crippen MR) is 121 cm³/mol. The first kappa shape index (κ1) is 21.3. The number of nitrogens with one attached hydrogen (secondary N) is 2. The Morgan fingerprint density at radius 3 is 2.93 bits per heavy atom. The number of aromatic nitrogens is 2. The molecule has 28 heavy (non-hydrogen) atoms. The molecule has 0 spiro atoms. The van der Waals surface area contributed by atoms with Gasteiger partial charge < -0.3 is 24.7 Å². The topological polar surface area (TPSA) is 74.8 Å². The fourth-order valence-electron chi connectivity index (χ4n) is 3.90. The van der Waals surface area contributed by atoms with Crippen LogP contribution in [0.2, 0.25) is 0 Å². The molecule has 2 aliphatic heterocycles. The van der Waals surface area contributed by atoms with E-state index in [9.17, 15) is 0 Å². The van der Waals surface area contributed by atoms with Crippen LogP contribution in [0.1, 0.15) is 25.1 Å². The lowest BCUT2D eigenvalue weighted by molar-refractivity contribution is -0.0816. The molecule has 2 saturated heterocycles. The molecule has 2 unspecified atom stereocenters. The molecule has 2 aromatic rings. The van der Waals surface area contributed by atoms with E-state index in [0.717, 1.165) is 81.3 Å². The van der Waals surface area contributed by atoms with E-state index in [1.54, 1.807) is 0 Å². The molecule has 3 heterocycles. The highest BCUT2D eigenvalue weighted by molar-refractivity contribution is 14.0. The molecule has 8 heteroatoms. The number of aromatic amines is 1. The molecular weight excluding hydrogens is 469 g/mol. The molecule has 2 aliphatic rings. The van der Waals surface area contributed by atoms with Gasteiger partial charge in [0.1, 0.15) is 11.9 Å². The third-order valence-corrected chi connectivity index (χ3v) is 5.30. The summed E-state index contributed by atoms with van der Waals surface area (Å²) >= 11 is 0. The Kier molecular flexibility index (Phi) is 7.92. The predicted octanol–water partition coefficient (Wildman–Crippen LogP) is 2.57. The van der Waals surface area contributed by atoms with Crippen molar-refractivity contribution in [2.45, 2.75) is 37.9 Å². The van der Waals surface area contributed by atoms with E-state index in [0.29, 0.717) is 0 Å². The summed E-state index contributed by atoms with van der Waals surface area (Å²) in [5.74, 6) is 1.99. The molecule has 0 radical (unpaired) electrons. The second kappa shape index (κ2) is 10.4. The summed E-state index contributed by atoms with van der Waals surface area (Å²) < 4.78 is 11.7. The quantitative estimate of drug-likeness (QED) is 0.287. The molecule has 4 rings (SSSR count). The normalized spacial score (nSPS) is 23.0. The smallest absolute Gasteiger partial charge is 0.193 e. The van der Waals surface area contributed by atoms with Gasteiger partial charge in [-0.05, 0) is 31.4 Å². The molecule has 2 atom stereocenters. The molecule has 0 bridgehead atoms. The van der Waals surface area contributed by atoms with Crippen LogP contribution in [-0.4, -0.2) is 72.9 Å². The van der Waals surface area contributed by atoms with Crippen LogP contribution in [0.15, 0.2) is 29.3 Å². The largest absolute Gasteiger partial charge is 0.375 e. The van der Waals surface area contributed by atoms with Crippen molar-refractivity contribution in [2.24, 2.45) is 4.99 Å². The lowest BCUT2D eigenvalue weighted by Gasteiger charge is -2.37. The van der Waals surface area contributed by atoms with Crippen LogP contribution in [0.4, 0.5) is 0 Å². The standard InChI is InChI=1S/C20H29N5O2.HI/c1-21-20(25-11-13-27-18(14-25)17-8-5-12-26-17)22-10-4-9-19-23-15-6-2-3-7-16(15)24-19;/h2-3,6-7,17-18H,4-5,8-14H2,1H3,(H,21,22)(H,23,24);1H. The van der Waals surface area contributed by atoms with Crippen LogP contribution < -0.4 is 5.32 Å². The lowest BCUT2D eigenvalue weighted by Crippen LogP contribution is -2.53. The number of benzene rings is 1. The van der Waals surface area contributed by atoms with E-state index in [-0.39, 0.29) is 36.2 Å². The maximum atomic E-state index is 5.94. The molecular formula is C20H30IN5O2. The van der Waals surface area contributed by atoms with Crippen molar-refractivity contribution in [3.63, 3.8) is 0 Å². The zero-order valence-corrected chi connectivity index (χ0v) is 18.7. The second-order valence-electron chi connectivity index (χ2n) is 7.18. The van der Waals surface area contributed by atoms with Gasteiger partial charge >= 0.3 is 0 Å². The SMILES string of the molecule is CN=C(NCCCc1nc2ccccc2[nH]1)N1CCOC(C2CCCO2)C1.I. The van der Waals surface area contributed by atoms with E-state index in [1.165, 1.54) is 0 Å². The summed E-state index contributed by atoms with van der Waals surface area (Å²) in [7, 11) is 1.85. The number of hydrogen-bond acceptors (Lipinski definition) is 4. The van der Waals surface area contributed by atoms with Crippen LogP contribution in [0.25, 0.3) is 11.0 Å². The van der Waals surface area contributed by atoms with Gasteiger partial charge in [-0.1, -0.05) is 12.1 Å². The van der Waals surface area contributed by atoms with Gasteiger partial charge in [0.15, 0.2) is 5.96 Å². The first-order valence-electron chi connectivity index (χ1n) is 9.96. The highest BCUT2D eigenvalue weighted by atomic mass is 127. The van der Waals surface area contributed by atoms with E-state index in [2.05, 4.69) is 31.2 Å². The molecule has 0 amide bonds. The first-order chi connectivity index (χ1) is 13.3. The molecule has 0 aliphatic carbocycles. The van der Waals surface area contributed by atoms with E-state index < -0.39 is 0 Å². The van der Waals surface area contributed by atoms with Gasteiger partial charge in [0.25, 0.3) is 0 Å². The first-order valence-corrected chi connectivity index (χ1v) is 9.96. The highest BCUT2D eigenvalue weighted by Crippen LogP contribution is 2.21. The van der Waals surface area contributed by atoms with E-state index in [4.69, 9.17) is 9.47 Å². The molecule has 1 aromatic heterocycles. The Bertz CT molecular complexity index is 742. The lowest BCUT2D eigenvalue weighted by atomic mass is 10.1. The summed E-state index contributed by atoms with van der Waals surface area (Å²) in [6, 6.07) is 8.15. The third-order valence-electron chi connectivity index (χ3n) is 5.30. The van der Waals surface area contributed by atoms with Gasteiger partial charge in [-0.3, -0.25) is 4.99 Å². The summed E-state index contributed by atoms with van der Waals surface area (Å²) in [6.45, 7) is 4.16. The Hall–Kier alpha value is -1.39. The van der Waals surface area contributed by atoms with Crippen LogP contribution in [0.5, 0.6) is 0 Å². The summed E-state index contributed by atoms with van der Waals surface area (Å²) in [5, 5.41) is 3.49. The molecule has 2 N–H and O–H groups in total. The van der Waals surface area contributed by atoms with Crippen molar-refractivity contribution in [1.29, 1.82) is 0 Å². The fourth-order valence-corrected chi connectivity index (χ4v) is 3.90. The van der Waals surface area contributed by atoms with Crippen LogP contribution in [0.3, 0.4) is 0 Å². The number of guanidine groups is 1. The average Bonchev–Trinajstić information content (AvgIpc) is 3.38. The van der Waals surface area contributed by atoms with Crippen LogP contribution in [0, 0.1) is 0 Å². The molecule has 154 valence electrons. The number of aliphatic imine (C=N–C) groups is 1. The summed E-state index contributed by atoms with van der Waals surface area (Å²) in [4.78, 5) is 14.8. The number of aryl methyl sites for hydroxylation is 1. The van der Waals surface area contributed by atoms with Gasteiger partial charge in [0, 0.05) is 39.7 Å². The van der Waals surface area contributed by atoms with Crippen molar-refractivity contribution >= 4 is 41.0 Å². The second-order valence-corrected chi connectivity index (χ2v) is 7.18. The number of para-hydroxylation sites is 2. The fraction of sp³-hybridized carbons (Fsp3) is 0.600. The monoisotopic (exact) mass is 499 g/mol. The number of fused-ring (bicyclic) bond motifs is 1. The molecule has 7 nitrogen and oxygen atoms in total. The van der Waals surface area contributed by atoms with Gasteiger partial charge in [0.2, 0.25) is 0 Å². The van der Waals surface area contributed by atoms with Crippen molar-refractivity contribution in [2.75, 3.05) is 39.9 Å². The van der Waals surface area contributed by atoms with Crippen molar-refractivity contribution in [1.82, 2.24) is 20.2 Å². The van der Waals surface area contributed by atoms with Crippen LogP contribution >= 0.6 is 24.0 Å². The number of morpholine rings is 1. The van der Waals surface area contributed by atoms with Gasteiger partial charge in [0.05, 0.1) is 23.7 Å². The zero-order valence-electron chi connectivity index (χ0n) is 16.4. The number of rotatable bonds is 5. The number of ether oxygens (including phenoxy) is 2. The van der Waals surface area contributed by atoms with E-state index >= 15 is 0 Å². The van der Waals surface area contributed by atoms with Crippen LogP contribution in [-0.2, 0) is 15.9 Å². The minimum atomic E-state index is 0. The Morgan fingerprint density at radius 1 is 1.29 bits per heavy atom. The molecule has 2 fully saturated rings.